The number of carbonyl (C=O) groups is 1. The number of nitrogens with one attached hydrogen (secondary N) is 2. The molecule has 6 heteroatoms. The number of anilines is 2. The lowest BCUT2D eigenvalue weighted by Gasteiger charge is -2.11. The normalized spacial score (nSPS) is 10.7. The van der Waals surface area contributed by atoms with E-state index in [9.17, 15) is 4.79 Å². The Balaban J connectivity index is 2.04. The summed E-state index contributed by atoms with van der Waals surface area (Å²) in [7, 11) is 4.08. The molecule has 2 N–H and O–H groups in total. The maximum Gasteiger partial charge on any atom is 0.274 e. The maximum absolute atomic E-state index is 12.5. The maximum atomic E-state index is 12.5. The number of carbonyl (C=O) groups excluding carboxylic acids is 1. The standard InChI is InChI=1S/C18H25N5O/c1-13-8-5-6-9-15(13)21-17(24)16-12-14(2)20-18(22-16)19-10-7-11-23(3)4/h5-6,8-9,12H,7,10-11H2,1-4H3,(H,21,24)(H,19,20,22). The summed E-state index contributed by atoms with van der Waals surface area (Å²) in [5.74, 6) is 0.259. The first-order chi connectivity index (χ1) is 11.5. The van der Waals surface area contributed by atoms with E-state index in [1.807, 2.05) is 52.2 Å². The van der Waals surface area contributed by atoms with Crippen molar-refractivity contribution < 1.29 is 4.79 Å². The highest BCUT2D eigenvalue weighted by molar-refractivity contribution is 6.03. The molecule has 1 aromatic heterocycles. The van der Waals surface area contributed by atoms with Crippen LogP contribution in [0.5, 0.6) is 0 Å². The van der Waals surface area contributed by atoms with E-state index in [1.54, 1.807) is 6.07 Å². The van der Waals surface area contributed by atoms with Crippen molar-refractivity contribution in [3.8, 4) is 0 Å². The molecule has 24 heavy (non-hydrogen) atoms. The second-order valence-electron chi connectivity index (χ2n) is 6.07. The van der Waals surface area contributed by atoms with Gasteiger partial charge in [-0.05, 0) is 58.6 Å². The number of nitrogens with zero attached hydrogens (tertiary/aromatic N) is 3. The van der Waals surface area contributed by atoms with Crippen LogP contribution >= 0.6 is 0 Å². The third kappa shape index (κ3) is 5.31. The van der Waals surface area contributed by atoms with Crippen molar-refractivity contribution in [3.63, 3.8) is 0 Å². The highest BCUT2D eigenvalue weighted by Gasteiger charge is 2.11. The Kier molecular flexibility index (Phi) is 6.26. The molecule has 0 radical (unpaired) electrons. The van der Waals surface area contributed by atoms with Gasteiger partial charge in [0.25, 0.3) is 5.91 Å². The van der Waals surface area contributed by atoms with Crippen LogP contribution in [-0.4, -0.2) is 48.0 Å². The predicted octanol–water partition coefficient (Wildman–Crippen LogP) is 2.71. The van der Waals surface area contributed by atoms with Crippen LogP contribution in [0, 0.1) is 13.8 Å². The molecule has 6 nitrogen and oxygen atoms in total. The largest absolute Gasteiger partial charge is 0.354 e. The summed E-state index contributed by atoms with van der Waals surface area (Å²) in [6.07, 6.45) is 0.981. The van der Waals surface area contributed by atoms with E-state index in [-0.39, 0.29) is 5.91 Å². The molecular weight excluding hydrogens is 302 g/mol. The van der Waals surface area contributed by atoms with Crippen molar-refractivity contribution in [1.29, 1.82) is 0 Å². The molecular formula is C18H25N5O. The first-order valence-electron chi connectivity index (χ1n) is 8.07. The van der Waals surface area contributed by atoms with Gasteiger partial charge in [0.1, 0.15) is 5.69 Å². The minimum Gasteiger partial charge on any atom is -0.354 e. The summed E-state index contributed by atoms with van der Waals surface area (Å²) >= 11 is 0. The highest BCUT2D eigenvalue weighted by Crippen LogP contribution is 2.15. The Labute approximate surface area is 143 Å². The molecule has 1 amide bonds. The monoisotopic (exact) mass is 327 g/mol. The van der Waals surface area contributed by atoms with Crippen LogP contribution in [0.4, 0.5) is 11.6 Å². The minimum absolute atomic E-state index is 0.230. The highest BCUT2D eigenvalue weighted by atomic mass is 16.1. The lowest BCUT2D eigenvalue weighted by molar-refractivity contribution is 0.102. The zero-order valence-electron chi connectivity index (χ0n) is 14.8. The van der Waals surface area contributed by atoms with Crippen molar-refractivity contribution in [2.75, 3.05) is 37.8 Å². The van der Waals surface area contributed by atoms with Crippen LogP contribution in [0.1, 0.15) is 28.2 Å². The van der Waals surface area contributed by atoms with Gasteiger partial charge < -0.3 is 15.5 Å². The van der Waals surface area contributed by atoms with Crippen molar-refractivity contribution in [2.24, 2.45) is 0 Å². The van der Waals surface area contributed by atoms with Crippen molar-refractivity contribution in [2.45, 2.75) is 20.3 Å². The lowest BCUT2D eigenvalue weighted by atomic mass is 10.2. The molecule has 0 aliphatic carbocycles. The summed E-state index contributed by atoms with van der Waals surface area (Å²) < 4.78 is 0. The summed E-state index contributed by atoms with van der Waals surface area (Å²) in [4.78, 5) is 23.2. The molecule has 2 rings (SSSR count). The zero-order valence-corrected chi connectivity index (χ0v) is 14.8. The third-order valence-electron chi connectivity index (χ3n) is 3.55. The fourth-order valence-corrected chi connectivity index (χ4v) is 2.26. The second-order valence-corrected chi connectivity index (χ2v) is 6.07. The Morgan fingerprint density at radius 1 is 1.17 bits per heavy atom. The molecule has 128 valence electrons. The van der Waals surface area contributed by atoms with Gasteiger partial charge in [-0.3, -0.25) is 4.79 Å². The van der Waals surface area contributed by atoms with Crippen LogP contribution < -0.4 is 10.6 Å². The summed E-state index contributed by atoms with van der Waals surface area (Å²) in [6, 6.07) is 9.36. The van der Waals surface area contributed by atoms with Gasteiger partial charge in [-0.15, -0.1) is 0 Å². The Morgan fingerprint density at radius 2 is 1.92 bits per heavy atom. The molecule has 0 saturated heterocycles. The van der Waals surface area contributed by atoms with Gasteiger partial charge in [-0.2, -0.15) is 0 Å². The average molecular weight is 327 g/mol. The summed E-state index contributed by atoms with van der Waals surface area (Å²) in [5.41, 5.74) is 2.92. The number of benzene rings is 1. The number of amides is 1. The zero-order chi connectivity index (χ0) is 17.5. The van der Waals surface area contributed by atoms with Gasteiger partial charge in [0.05, 0.1) is 0 Å². The Hall–Kier alpha value is -2.47. The fourth-order valence-electron chi connectivity index (χ4n) is 2.26. The molecule has 0 spiro atoms. The molecule has 0 bridgehead atoms. The number of aromatic nitrogens is 2. The van der Waals surface area contributed by atoms with E-state index in [1.165, 1.54) is 0 Å². The van der Waals surface area contributed by atoms with Gasteiger partial charge >= 0.3 is 0 Å². The Bertz CT molecular complexity index is 700. The van der Waals surface area contributed by atoms with Crippen LogP contribution in [0.25, 0.3) is 0 Å². The summed E-state index contributed by atoms with van der Waals surface area (Å²) in [5, 5.41) is 6.08. The fraction of sp³-hybridized carbons (Fsp3) is 0.389. The van der Waals surface area contributed by atoms with Crippen LogP contribution in [0.2, 0.25) is 0 Å². The molecule has 2 aromatic rings. The predicted molar refractivity (Wildman–Crippen MR) is 97.6 cm³/mol. The molecule has 0 atom stereocenters. The number of hydrogen-bond donors (Lipinski definition) is 2. The molecule has 0 saturated carbocycles. The van der Waals surface area contributed by atoms with Crippen molar-refractivity contribution in [3.05, 3.63) is 47.3 Å². The van der Waals surface area contributed by atoms with E-state index >= 15 is 0 Å². The number of para-hydroxylation sites is 1. The van der Waals surface area contributed by atoms with Gasteiger partial charge in [0.15, 0.2) is 0 Å². The van der Waals surface area contributed by atoms with E-state index in [2.05, 4.69) is 25.5 Å². The molecule has 0 unspecified atom stereocenters. The topological polar surface area (TPSA) is 70.2 Å². The van der Waals surface area contributed by atoms with Crippen LogP contribution in [0.3, 0.4) is 0 Å². The lowest BCUT2D eigenvalue weighted by Crippen LogP contribution is -2.19. The van der Waals surface area contributed by atoms with Gasteiger partial charge in [0.2, 0.25) is 5.95 Å². The van der Waals surface area contributed by atoms with Crippen LogP contribution in [0.15, 0.2) is 30.3 Å². The van der Waals surface area contributed by atoms with Crippen molar-refractivity contribution in [1.82, 2.24) is 14.9 Å². The van der Waals surface area contributed by atoms with Gasteiger partial charge in [0, 0.05) is 17.9 Å². The minimum atomic E-state index is -0.230. The quantitative estimate of drug-likeness (QED) is 0.765. The third-order valence-corrected chi connectivity index (χ3v) is 3.55. The molecule has 0 aliphatic rings. The number of aryl methyl sites for hydroxylation is 2. The first kappa shape index (κ1) is 17.9. The van der Waals surface area contributed by atoms with E-state index in [0.717, 1.165) is 36.5 Å². The Morgan fingerprint density at radius 3 is 2.62 bits per heavy atom. The second kappa shape index (κ2) is 8.40. The van der Waals surface area contributed by atoms with Crippen LogP contribution in [-0.2, 0) is 0 Å². The molecule has 1 heterocycles. The van der Waals surface area contributed by atoms with Gasteiger partial charge in [-0.1, -0.05) is 18.2 Å². The smallest absolute Gasteiger partial charge is 0.274 e. The average Bonchev–Trinajstić information content (AvgIpc) is 2.53. The number of rotatable bonds is 7. The number of hydrogen-bond acceptors (Lipinski definition) is 5. The molecule has 0 fully saturated rings. The van der Waals surface area contributed by atoms with E-state index in [0.29, 0.717) is 11.6 Å². The van der Waals surface area contributed by atoms with E-state index in [4.69, 9.17) is 0 Å². The van der Waals surface area contributed by atoms with E-state index < -0.39 is 0 Å². The SMILES string of the molecule is Cc1cc(C(=O)Nc2ccccc2C)nc(NCCCN(C)C)n1. The first-order valence-corrected chi connectivity index (χ1v) is 8.07. The summed E-state index contributed by atoms with van der Waals surface area (Å²) in [6.45, 7) is 5.57. The molecule has 1 aromatic carbocycles. The van der Waals surface area contributed by atoms with Gasteiger partial charge in [-0.25, -0.2) is 9.97 Å². The van der Waals surface area contributed by atoms with Crippen molar-refractivity contribution >= 4 is 17.5 Å². The molecule has 0 aliphatic heterocycles.